The Morgan fingerprint density at radius 1 is 1.38 bits per heavy atom. The zero-order chi connectivity index (χ0) is 18.7. The number of amides is 1. The molecule has 5 nitrogen and oxygen atoms in total. The number of carbonyl (C=O) groups excluding carboxylic acids is 1. The Morgan fingerprint density at radius 2 is 2.12 bits per heavy atom. The van der Waals surface area contributed by atoms with E-state index in [-0.39, 0.29) is 11.9 Å². The summed E-state index contributed by atoms with van der Waals surface area (Å²) in [6.07, 6.45) is 1.43. The Labute approximate surface area is 157 Å². The van der Waals surface area contributed by atoms with Gasteiger partial charge in [-0.25, -0.2) is 14.2 Å². The molecule has 0 unspecified atom stereocenters. The van der Waals surface area contributed by atoms with Crippen LogP contribution in [0.2, 0.25) is 0 Å². The number of likely N-dealkylation sites (tertiary alicyclic amines) is 1. The fraction of sp³-hybridized carbons (Fsp3) is 0.474. The lowest BCUT2D eigenvalue weighted by molar-refractivity contribution is 0.0462. The first-order valence-corrected chi connectivity index (χ1v) is 9.61. The molecule has 0 radical (unpaired) electrons. The number of likely N-dealkylation sites (N-methyl/N-ethyl adjacent to an activating group) is 1. The van der Waals surface area contributed by atoms with Crippen LogP contribution in [-0.4, -0.2) is 42.2 Å². The minimum atomic E-state index is -0.660. The van der Waals surface area contributed by atoms with Crippen LogP contribution in [0.5, 0.6) is 0 Å². The van der Waals surface area contributed by atoms with Crippen molar-refractivity contribution in [3.63, 3.8) is 0 Å². The average molecular weight is 377 g/mol. The van der Waals surface area contributed by atoms with Gasteiger partial charge >= 0.3 is 6.09 Å². The lowest BCUT2D eigenvalue weighted by Crippen LogP contribution is -2.45. The third-order valence-corrected chi connectivity index (χ3v) is 5.40. The SMILES string of the molecule is CN1CCC[C@H](OC(=O)NC(C)(C)c2csc(-c3ccc(F)cc3)n2)C1. The Balaban J connectivity index is 1.64. The van der Waals surface area contributed by atoms with Crippen LogP contribution in [0, 0.1) is 5.82 Å². The molecule has 1 fully saturated rings. The maximum absolute atomic E-state index is 13.1. The van der Waals surface area contributed by atoms with Crippen molar-refractivity contribution in [2.75, 3.05) is 20.1 Å². The molecule has 1 aromatic heterocycles. The number of halogens is 1. The molecule has 1 atom stereocenters. The second-order valence-corrected chi connectivity index (χ2v) is 8.08. The van der Waals surface area contributed by atoms with Crippen molar-refractivity contribution in [2.45, 2.75) is 38.3 Å². The highest BCUT2D eigenvalue weighted by Crippen LogP contribution is 2.29. The Bertz CT molecular complexity index is 760. The van der Waals surface area contributed by atoms with Gasteiger partial charge in [-0.1, -0.05) is 0 Å². The summed E-state index contributed by atoms with van der Waals surface area (Å²) in [7, 11) is 2.03. The van der Waals surface area contributed by atoms with Gasteiger partial charge in [-0.15, -0.1) is 11.3 Å². The highest BCUT2D eigenvalue weighted by molar-refractivity contribution is 7.13. The molecular weight excluding hydrogens is 353 g/mol. The second kappa shape index (κ2) is 7.72. The van der Waals surface area contributed by atoms with E-state index in [1.165, 1.54) is 23.5 Å². The standard InChI is InChI=1S/C19H24FN3O2S/c1-19(2,22-18(24)25-15-5-4-10-23(3)11-15)16-12-26-17(21-16)13-6-8-14(20)9-7-13/h6-9,12,15H,4-5,10-11H2,1-3H3,(H,22,24)/t15-/m0/s1. The van der Waals surface area contributed by atoms with Crippen LogP contribution in [0.4, 0.5) is 9.18 Å². The van der Waals surface area contributed by atoms with Gasteiger partial charge in [0.15, 0.2) is 0 Å². The van der Waals surface area contributed by atoms with E-state index in [9.17, 15) is 9.18 Å². The van der Waals surface area contributed by atoms with Crippen molar-refractivity contribution in [2.24, 2.45) is 0 Å². The number of nitrogens with one attached hydrogen (secondary N) is 1. The molecule has 7 heteroatoms. The van der Waals surface area contributed by atoms with Crippen molar-refractivity contribution in [1.29, 1.82) is 0 Å². The van der Waals surface area contributed by atoms with E-state index in [1.54, 1.807) is 12.1 Å². The summed E-state index contributed by atoms with van der Waals surface area (Å²) in [4.78, 5) is 19.1. The largest absolute Gasteiger partial charge is 0.445 e. The molecule has 2 heterocycles. The molecule has 0 saturated carbocycles. The third-order valence-electron chi connectivity index (χ3n) is 4.51. The summed E-state index contributed by atoms with van der Waals surface area (Å²) in [6.45, 7) is 5.59. The maximum Gasteiger partial charge on any atom is 0.408 e. The molecule has 3 rings (SSSR count). The smallest absolute Gasteiger partial charge is 0.408 e. The Morgan fingerprint density at radius 3 is 2.81 bits per heavy atom. The molecule has 2 aromatic rings. The Kier molecular flexibility index (Phi) is 5.58. The van der Waals surface area contributed by atoms with Gasteiger partial charge in [0.2, 0.25) is 0 Å². The number of benzene rings is 1. The highest BCUT2D eigenvalue weighted by Gasteiger charge is 2.29. The van der Waals surface area contributed by atoms with Gasteiger partial charge in [-0.2, -0.15) is 0 Å². The van der Waals surface area contributed by atoms with Crippen molar-refractivity contribution in [3.8, 4) is 10.6 Å². The summed E-state index contributed by atoms with van der Waals surface area (Å²) >= 11 is 1.47. The molecule has 1 N–H and O–H groups in total. The van der Waals surface area contributed by atoms with Crippen LogP contribution >= 0.6 is 11.3 Å². The van der Waals surface area contributed by atoms with Crippen molar-refractivity contribution in [1.82, 2.24) is 15.2 Å². The monoisotopic (exact) mass is 377 g/mol. The van der Waals surface area contributed by atoms with Crippen LogP contribution < -0.4 is 5.32 Å². The number of rotatable bonds is 4. The average Bonchev–Trinajstić information content (AvgIpc) is 3.06. The number of hydrogen-bond donors (Lipinski definition) is 1. The molecule has 1 aliphatic rings. The fourth-order valence-electron chi connectivity index (χ4n) is 3.00. The molecule has 0 aliphatic carbocycles. The first-order chi connectivity index (χ1) is 12.3. The van der Waals surface area contributed by atoms with E-state index in [0.717, 1.165) is 42.2 Å². The molecule has 1 amide bonds. The summed E-state index contributed by atoms with van der Waals surface area (Å²) in [6, 6.07) is 6.23. The number of hydrogen-bond acceptors (Lipinski definition) is 5. The number of alkyl carbamates (subject to hydrolysis) is 1. The van der Waals surface area contributed by atoms with Crippen molar-refractivity contribution in [3.05, 3.63) is 41.2 Å². The van der Waals surface area contributed by atoms with Gasteiger partial charge in [0, 0.05) is 17.5 Å². The number of thiazole rings is 1. The van der Waals surface area contributed by atoms with Crippen LogP contribution in [0.25, 0.3) is 10.6 Å². The molecular formula is C19H24FN3O2S. The van der Waals surface area contributed by atoms with Crippen molar-refractivity contribution >= 4 is 17.4 Å². The zero-order valence-corrected chi connectivity index (χ0v) is 16.1. The van der Waals surface area contributed by atoms with Gasteiger partial charge in [-0.05, 0) is 64.5 Å². The lowest BCUT2D eigenvalue weighted by Gasteiger charge is -2.31. The quantitative estimate of drug-likeness (QED) is 0.875. The van der Waals surface area contributed by atoms with E-state index < -0.39 is 11.6 Å². The maximum atomic E-state index is 13.1. The number of ether oxygens (including phenoxy) is 1. The third kappa shape index (κ3) is 4.59. The fourth-order valence-corrected chi connectivity index (χ4v) is 3.99. The molecule has 1 aromatic carbocycles. The molecule has 140 valence electrons. The molecule has 26 heavy (non-hydrogen) atoms. The van der Waals surface area contributed by atoms with Crippen LogP contribution in [0.3, 0.4) is 0 Å². The van der Waals surface area contributed by atoms with Gasteiger partial charge in [0.25, 0.3) is 0 Å². The van der Waals surface area contributed by atoms with E-state index in [4.69, 9.17) is 4.74 Å². The highest BCUT2D eigenvalue weighted by atomic mass is 32.1. The first-order valence-electron chi connectivity index (χ1n) is 8.73. The van der Waals surface area contributed by atoms with Gasteiger partial charge < -0.3 is 15.0 Å². The zero-order valence-electron chi connectivity index (χ0n) is 15.3. The van der Waals surface area contributed by atoms with Crippen LogP contribution in [0.15, 0.2) is 29.6 Å². The minimum absolute atomic E-state index is 0.0743. The van der Waals surface area contributed by atoms with E-state index in [2.05, 4.69) is 15.2 Å². The summed E-state index contributed by atoms with van der Waals surface area (Å²) in [5.74, 6) is -0.274. The topological polar surface area (TPSA) is 54.5 Å². The normalized spacial score (nSPS) is 18.5. The predicted molar refractivity (Wildman–Crippen MR) is 101 cm³/mol. The lowest BCUT2D eigenvalue weighted by atomic mass is 10.0. The number of carbonyl (C=O) groups is 1. The Hall–Kier alpha value is -1.99. The minimum Gasteiger partial charge on any atom is -0.445 e. The first kappa shape index (κ1) is 18.8. The van der Waals surface area contributed by atoms with E-state index in [0.29, 0.717) is 0 Å². The predicted octanol–water partition coefficient (Wildman–Crippen LogP) is 4.00. The van der Waals surface area contributed by atoms with Crippen molar-refractivity contribution < 1.29 is 13.9 Å². The second-order valence-electron chi connectivity index (χ2n) is 7.23. The van der Waals surface area contributed by atoms with Gasteiger partial charge in [-0.3, -0.25) is 0 Å². The number of aromatic nitrogens is 1. The van der Waals surface area contributed by atoms with E-state index in [1.807, 2.05) is 26.3 Å². The molecule has 1 aliphatic heterocycles. The number of piperidine rings is 1. The van der Waals surface area contributed by atoms with Crippen LogP contribution in [-0.2, 0) is 10.3 Å². The van der Waals surface area contributed by atoms with E-state index >= 15 is 0 Å². The molecule has 0 spiro atoms. The summed E-state index contributed by atoms with van der Waals surface area (Å²) in [5.41, 5.74) is 0.942. The van der Waals surface area contributed by atoms with Gasteiger partial charge in [0.05, 0.1) is 11.2 Å². The molecule has 0 bridgehead atoms. The molecule has 1 saturated heterocycles. The number of nitrogens with zero attached hydrogens (tertiary/aromatic N) is 2. The summed E-state index contributed by atoms with van der Waals surface area (Å²) < 4.78 is 18.6. The van der Waals surface area contributed by atoms with Crippen LogP contribution in [0.1, 0.15) is 32.4 Å². The summed E-state index contributed by atoms with van der Waals surface area (Å²) in [5, 5.41) is 5.61. The van der Waals surface area contributed by atoms with Gasteiger partial charge in [0.1, 0.15) is 16.9 Å².